The van der Waals surface area contributed by atoms with Crippen LogP contribution in [-0.2, 0) is 16.1 Å². The number of pyridine rings is 1. The Morgan fingerprint density at radius 2 is 2.25 bits per heavy atom. The van der Waals surface area contributed by atoms with Gasteiger partial charge in [0.25, 0.3) is 5.56 Å². The average molecular weight is 278 g/mol. The third-order valence-electron chi connectivity index (χ3n) is 3.84. The molecule has 5 nitrogen and oxygen atoms in total. The molecule has 0 bridgehead atoms. The molecule has 110 valence electrons. The van der Waals surface area contributed by atoms with Crippen LogP contribution in [-0.4, -0.2) is 41.2 Å². The van der Waals surface area contributed by atoms with Crippen LogP contribution in [0, 0.1) is 6.92 Å². The van der Waals surface area contributed by atoms with E-state index in [0.717, 1.165) is 12.1 Å². The predicted molar refractivity (Wildman–Crippen MR) is 76.7 cm³/mol. The summed E-state index contributed by atoms with van der Waals surface area (Å²) in [5.74, 6) is 0.107. The maximum atomic E-state index is 12.3. The summed E-state index contributed by atoms with van der Waals surface area (Å²) >= 11 is 0. The summed E-state index contributed by atoms with van der Waals surface area (Å²) in [6.45, 7) is 6.26. The predicted octanol–water partition coefficient (Wildman–Crippen LogP) is 1.18. The fourth-order valence-electron chi connectivity index (χ4n) is 2.58. The lowest BCUT2D eigenvalue weighted by Crippen LogP contribution is -2.48. The van der Waals surface area contributed by atoms with Gasteiger partial charge in [0.05, 0.1) is 19.3 Å². The van der Waals surface area contributed by atoms with Gasteiger partial charge in [-0.1, -0.05) is 13.0 Å². The highest BCUT2D eigenvalue weighted by Crippen LogP contribution is 2.12. The van der Waals surface area contributed by atoms with Crippen LogP contribution in [0.25, 0.3) is 0 Å². The fraction of sp³-hybridized carbons (Fsp3) is 0.600. The number of rotatable bonds is 4. The van der Waals surface area contributed by atoms with Crippen molar-refractivity contribution in [1.82, 2.24) is 9.47 Å². The van der Waals surface area contributed by atoms with E-state index >= 15 is 0 Å². The first kappa shape index (κ1) is 14.8. The van der Waals surface area contributed by atoms with Crippen LogP contribution in [0.5, 0.6) is 0 Å². The van der Waals surface area contributed by atoms with Crippen LogP contribution in [0.2, 0.25) is 0 Å². The number of aryl methyl sites for hydroxylation is 1. The Kier molecular flexibility index (Phi) is 4.95. The van der Waals surface area contributed by atoms with Gasteiger partial charge in [-0.15, -0.1) is 0 Å². The number of aromatic nitrogens is 1. The van der Waals surface area contributed by atoms with Crippen molar-refractivity contribution in [2.24, 2.45) is 0 Å². The van der Waals surface area contributed by atoms with E-state index in [-0.39, 0.29) is 17.5 Å². The highest BCUT2D eigenvalue weighted by atomic mass is 16.5. The lowest BCUT2D eigenvalue weighted by atomic mass is 10.1. The van der Waals surface area contributed by atoms with Gasteiger partial charge in [0.15, 0.2) is 0 Å². The van der Waals surface area contributed by atoms with Gasteiger partial charge in [-0.2, -0.15) is 0 Å². The Morgan fingerprint density at radius 1 is 1.45 bits per heavy atom. The summed E-state index contributed by atoms with van der Waals surface area (Å²) in [5, 5.41) is 0. The minimum atomic E-state index is -0.0492. The fourth-order valence-corrected chi connectivity index (χ4v) is 2.58. The zero-order valence-corrected chi connectivity index (χ0v) is 12.2. The van der Waals surface area contributed by atoms with Crippen molar-refractivity contribution in [3.05, 3.63) is 34.2 Å². The maximum Gasteiger partial charge on any atom is 0.250 e. The van der Waals surface area contributed by atoms with E-state index in [1.165, 1.54) is 6.07 Å². The molecule has 0 aliphatic carbocycles. The second-order valence-corrected chi connectivity index (χ2v) is 5.13. The van der Waals surface area contributed by atoms with Gasteiger partial charge in [-0.05, 0) is 19.4 Å². The van der Waals surface area contributed by atoms with Crippen LogP contribution >= 0.6 is 0 Å². The molecule has 1 amide bonds. The van der Waals surface area contributed by atoms with Crippen molar-refractivity contribution >= 4 is 5.91 Å². The van der Waals surface area contributed by atoms with Gasteiger partial charge in [0.1, 0.15) is 0 Å². The third kappa shape index (κ3) is 3.28. The molecule has 1 saturated heterocycles. The van der Waals surface area contributed by atoms with Gasteiger partial charge in [0.2, 0.25) is 5.91 Å². The summed E-state index contributed by atoms with van der Waals surface area (Å²) in [7, 11) is 0. The van der Waals surface area contributed by atoms with Crippen LogP contribution in [0.3, 0.4) is 0 Å². The number of amides is 1. The molecule has 1 aromatic heterocycles. The highest BCUT2D eigenvalue weighted by Gasteiger charge is 2.25. The normalized spacial score (nSPS) is 19.1. The van der Waals surface area contributed by atoms with E-state index in [2.05, 4.69) is 6.92 Å². The standard InChI is InChI=1S/C15H22N2O3/c1-3-13-11-20-10-9-17(13)15(19)7-8-16-12(2)5-4-6-14(16)18/h4-6,13H,3,7-11H2,1-2H3/t13-/m0/s1. The zero-order valence-electron chi connectivity index (χ0n) is 12.2. The molecule has 2 rings (SSSR count). The van der Waals surface area contributed by atoms with Crippen LogP contribution in [0.4, 0.5) is 0 Å². The van der Waals surface area contributed by atoms with Crippen LogP contribution in [0.15, 0.2) is 23.0 Å². The van der Waals surface area contributed by atoms with E-state index in [4.69, 9.17) is 4.74 Å². The van der Waals surface area contributed by atoms with E-state index in [9.17, 15) is 9.59 Å². The molecule has 0 aromatic carbocycles. The molecule has 20 heavy (non-hydrogen) atoms. The molecule has 0 spiro atoms. The van der Waals surface area contributed by atoms with E-state index in [1.54, 1.807) is 10.6 Å². The van der Waals surface area contributed by atoms with Crippen molar-refractivity contribution in [3.63, 3.8) is 0 Å². The first-order valence-electron chi connectivity index (χ1n) is 7.17. The lowest BCUT2D eigenvalue weighted by Gasteiger charge is -2.35. The van der Waals surface area contributed by atoms with Crippen LogP contribution in [0.1, 0.15) is 25.5 Å². The summed E-state index contributed by atoms with van der Waals surface area (Å²) in [5.41, 5.74) is 0.839. The Bertz CT molecular complexity index is 524. The zero-order chi connectivity index (χ0) is 14.5. The number of carbonyl (C=O) groups excluding carboxylic acids is 1. The maximum absolute atomic E-state index is 12.3. The lowest BCUT2D eigenvalue weighted by molar-refractivity contribution is -0.140. The molecule has 2 heterocycles. The van der Waals surface area contributed by atoms with Crippen LogP contribution < -0.4 is 5.56 Å². The Hall–Kier alpha value is -1.62. The molecule has 0 N–H and O–H groups in total. The number of hydrogen-bond acceptors (Lipinski definition) is 3. The third-order valence-corrected chi connectivity index (χ3v) is 3.84. The average Bonchev–Trinajstić information content (AvgIpc) is 2.46. The molecule has 1 atom stereocenters. The summed E-state index contributed by atoms with van der Waals surface area (Å²) in [4.78, 5) is 26.0. The molecular formula is C15H22N2O3. The second kappa shape index (κ2) is 6.70. The number of ether oxygens (including phenoxy) is 1. The second-order valence-electron chi connectivity index (χ2n) is 5.13. The van der Waals surface area contributed by atoms with Gasteiger partial charge >= 0.3 is 0 Å². The number of morpholine rings is 1. The number of hydrogen-bond donors (Lipinski definition) is 0. The SMILES string of the molecule is CC[C@H]1COCCN1C(=O)CCn1c(C)cccc1=O. The molecule has 5 heteroatoms. The van der Waals surface area contributed by atoms with Gasteiger partial charge < -0.3 is 14.2 Å². The Labute approximate surface area is 119 Å². The van der Waals surface area contributed by atoms with Gasteiger partial charge in [0, 0.05) is 31.3 Å². The number of nitrogens with zero attached hydrogens (tertiary/aromatic N) is 2. The molecule has 0 unspecified atom stereocenters. The minimum Gasteiger partial charge on any atom is -0.377 e. The van der Waals surface area contributed by atoms with Crippen molar-refractivity contribution in [3.8, 4) is 0 Å². The van der Waals surface area contributed by atoms with Crippen molar-refractivity contribution in [2.75, 3.05) is 19.8 Å². The monoisotopic (exact) mass is 278 g/mol. The van der Waals surface area contributed by atoms with Gasteiger partial charge in [-0.3, -0.25) is 9.59 Å². The van der Waals surface area contributed by atoms with Crippen molar-refractivity contribution in [1.29, 1.82) is 0 Å². The number of carbonyl (C=O) groups is 1. The molecule has 0 radical (unpaired) electrons. The molecule has 0 saturated carbocycles. The molecule has 1 fully saturated rings. The first-order chi connectivity index (χ1) is 9.63. The van der Waals surface area contributed by atoms with E-state index in [0.29, 0.717) is 32.7 Å². The topological polar surface area (TPSA) is 51.5 Å². The van der Waals surface area contributed by atoms with E-state index in [1.807, 2.05) is 17.9 Å². The molecule has 1 aliphatic rings. The largest absolute Gasteiger partial charge is 0.377 e. The quantitative estimate of drug-likeness (QED) is 0.831. The molecular weight excluding hydrogens is 256 g/mol. The molecule has 1 aliphatic heterocycles. The van der Waals surface area contributed by atoms with Gasteiger partial charge in [-0.25, -0.2) is 0 Å². The summed E-state index contributed by atoms with van der Waals surface area (Å²) in [6, 6.07) is 5.33. The Balaban J connectivity index is 1.99. The molecule has 1 aromatic rings. The highest BCUT2D eigenvalue weighted by molar-refractivity contribution is 5.76. The summed E-state index contributed by atoms with van der Waals surface area (Å²) in [6.07, 6.45) is 1.26. The van der Waals surface area contributed by atoms with E-state index < -0.39 is 0 Å². The minimum absolute atomic E-state index is 0.0492. The Morgan fingerprint density at radius 3 is 2.95 bits per heavy atom. The smallest absolute Gasteiger partial charge is 0.250 e. The summed E-state index contributed by atoms with van der Waals surface area (Å²) < 4.78 is 7.06. The first-order valence-corrected chi connectivity index (χ1v) is 7.17. The van der Waals surface area contributed by atoms with Crippen molar-refractivity contribution in [2.45, 2.75) is 39.3 Å². The van der Waals surface area contributed by atoms with Crippen molar-refractivity contribution < 1.29 is 9.53 Å².